The van der Waals surface area contributed by atoms with Gasteiger partial charge in [-0.3, -0.25) is 4.79 Å². The summed E-state index contributed by atoms with van der Waals surface area (Å²) < 4.78 is 1.00. The van der Waals surface area contributed by atoms with Crippen LogP contribution < -0.4 is 5.32 Å². The zero-order valence-corrected chi connectivity index (χ0v) is 14.7. The normalized spacial score (nSPS) is 24.4. The van der Waals surface area contributed by atoms with Crippen LogP contribution in [0.3, 0.4) is 0 Å². The van der Waals surface area contributed by atoms with Crippen LogP contribution in [0.15, 0.2) is 18.2 Å². The molecule has 5 heteroatoms. The average Bonchev–Trinajstić information content (AvgIpc) is 2.80. The Hall–Kier alpha value is -1.13. The molecule has 0 saturated heterocycles. The van der Waals surface area contributed by atoms with Crippen LogP contribution in [-0.4, -0.2) is 10.9 Å². The molecule has 1 aromatic carbocycles. The maximum Gasteiger partial charge on any atom is 0.229 e. The van der Waals surface area contributed by atoms with Gasteiger partial charge in [0, 0.05) is 5.92 Å². The summed E-state index contributed by atoms with van der Waals surface area (Å²) >= 11 is 7.62. The Bertz CT molecular complexity index is 710. The van der Waals surface area contributed by atoms with Crippen LogP contribution in [0.5, 0.6) is 0 Å². The molecule has 0 aliphatic heterocycles. The molecule has 1 amide bonds. The van der Waals surface area contributed by atoms with Gasteiger partial charge in [-0.15, -0.1) is 0 Å². The molecule has 0 radical (unpaired) electrons. The van der Waals surface area contributed by atoms with Gasteiger partial charge in [0.05, 0.1) is 9.72 Å². The molecule has 1 aliphatic carbocycles. The lowest BCUT2D eigenvalue weighted by atomic mass is 9.68. The van der Waals surface area contributed by atoms with E-state index in [0.29, 0.717) is 16.1 Å². The van der Waals surface area contributed by atoms with E-state index in [2.05, 4.69) is 31.1 Å². The first-order chi connectivity index (χ1) is 10.3. The molecule has 1 heterocycles. The molecule has 0 spiro atoms. The number of benzene rings is 1. The number of nitrogens with one attached hydrogen (secondary N) is 1. The van der Waals surface area contributed by atoms with Crippen LogP contribution in [0.1, 0.15) is 40.0 Å². The van der Waals surface area contributed by atoms with Crippen molar-refractivity contribution in [2.75, 3.05) is 5.32 Å². The Kier molecular flexibility index (Phi) is 4.17. The summed E-state index contributed by atoms with van der Waals surface area (Å²) in [6.45, 7) is 6.74. The van der Waals surface area contributed by atoms with Gasteiger partial charge in [-0.1, -0.05) is 49.8 Å². The first-order valence-electron chi connectivity index (χ1n) is 7.70. The van der Waals surface area contributed by atoms with Crippen molar-refractivity contribution in [3.05, 3.63) is 23.2 Å². The zero-order chi connectivity index (χ0) is 15.9. The summed E-state index contributed by atoms with van der Waals surface area (Å²) in [6.07, 6.45) is 3.09. The minimum absolute atomic E-state index is 0.0706. The average molecular weight is 337 g/mol. The molecule has 118 valence electrons. The Morgan fingerprint density at radius 1 is 1.41 bits per heavy atom. The summed E-state index contributed by atoms with van der Waals surface area (Å²) in [6, 6.07) is 5.70. The van der Waals surface area contributed by atoms with Crippen molar-refractivity contribution < 1.29 is 4.79 Å². The van der Waals surface area contributed by atoms with Crippen LogP contribution in [0.2, 0.25) is 5.02 Å². The second-order valence-electron chi connectivity index (χ2n) is 7.21. The lowest BCUT2D eigenvalue weighted by Crippen LogP contribution is -2.34. The van der Waals surface area contributed by atoms with E-state index in [0.717, 1.165) is 23.1 Å². The number of fused-ring (bicyclic) bond motifs is 1. The third-order valence-corrected chi connectivity index (χ3v) is 5.60. The fourth-order valence-corrected chi connectivity index (χ4v) is 4.89. The predicted molar refractivity (Wildman–Crippen MR) is 93.5 cm³/mol. The summed E-state index contributed by atoms with van der Waals surface area (Å²) in [4.78, 5) is 17.0. The van der Waals surface area contributed by atoms with Crippen molar-refractivity contribution in [2.45, 2.75) is 40.0 Å². The number of nitrogens with zero attached hydrogens (tertiary/aromatic N) is 1. The Labute approximate surface area is 140 Å². The number of amides is 1. The van der Waals surface area contributed by atoms with Gasteiger partial charge < -0.3 is 5.32 Å². The number of thiazole rings is 1. The van der Waals surface area contributed by atoms with E-state index in [-0.39, 0.29) is 17.2 Å². The number of halogens is 1. The molecule has 2 aromatic rings. The minimum atomic E-state index is 0.0706. The maximum atomic E-state index is 12.6. The van der Waals surface area contributed by atoms with Crippen LogP contribution in [-0.2, 0) is 4.79 Å². The fourth-order valence-electron chi connectivity index (χ4n) is 3.72. The van der Waals surface area contributed by atoms with Gasteiger partial charge >= 0.3 is 0 Å². The first-order valence-corrected chi connectivity index (χ1v) is 8.89. The molecule has 1 N–H and O–H groups in total. The molecule has 1 saturated carbocycles. The van der Waals surface area contributed by atoms with Crippen molar-refractivity contribution in [1.29, 1.82) is 0 Å². The van der Waals surface area contributed by atoms with E-state index in [9.17, 15) is 4.79 Å². The van der Waals surface area contributed by atoms with Crippen LogP contribution >= 0.6 is 22.9 Å². The lowest BCUT2D eigenvalue weighted by Gasteiger charge is -2.38. The molecule has 3 rings (SSSR count). The number of rotatable bonds is 2. The molecule has 1 fully saturated rings. The van der Waals surface area contributed by atoms with Crippen LogP contribution in [0.25, 0.3) is 10.2 Å². The monoisotopic (exact) mass is 336 g/mol. The molecule has 22 heavy (non-hydrogen) atoms. The van der Waals surface area contributed by atoms with E-state index < -0.39 is 0 Å². The van der Waals surface area contributed by atoms with E-state index in [1.807, 2.05) is 18.2 Å². The second kappa shape index (κ2) is 5.82. The molecular formula is C17H21ClN2OS. The first kappa shape index (κ1) is 15.8. The zero-order valence-electron chi connectivity index (χ0n) is 13.1. The number of anilines is 1. The minimum Gasteiger partial charge on any atom is -0.302 e. The third kappa shape index (κ3) is 3.28. The number of aromatic nitrogens is 1. The largest absolute Gasteiger partial charge is 0.302 e. The van der Waals surface area contributed by atoms with Crippen molar-refractivity contribution in [3.8, 4) is 0 Å². The molecule has 0 bridgehead atoms. The number of para-hydroxylation sites is 1. The highest BCUT2D eigenvalue weighted by Crippen LogP contribution is 2.42. The van der Waals surface area contributed by atoms with E-state index in [4.69, 9.17) is 11.6 Å². The number of hydrogen-bond acceptors (Lipinski definition) is 3. The second-order valence-corrected chi connectivity index (χ2v) is 8.64. The van der Waals surface area contributed by atoms with Gasteiger partial charge in [-0.25, -0.2) is 4.98 Å². The van der Waals surface area contributed by atoms with Crippen LogP contribution in [0.4, 0.5) is 5.13 Å². The number of hydrogen-bond donors (Lipinski definition) is 1. The summed E-state index contributed by atoms with van der Waals surface area (Å²) in [5.41, 5.74) is 0.998. The highest BCUT2D eigenvalue weighted by Gasteiger charge is 2.35. The van der Waals surface area contributed by atoms with E-state index in [1.54, 1.807) is 0 Å². The number of carbonyl (C=O) groups is 1. The smallest absolute Gasteiger partial charge is 0.229 e. The molecule has 2 atom stereocenters. The summed E-state index contributed by atoms with van der Waals surface area (Å²) in [5, 5.41) is 4.27. The standard InChI is InChI=1S/C17H21ClN2OS/c1-10-7-11(9-17(2,3)8-10)15(21)20-16-19-14-12(18)5-4-6-13(14)22-16/h4-6,10-11H,7-9H2,1-3H3,(H,19,20,21). The van der Waals surface area contributed by atoms with Gasteiger partial charge in [0.25, 0.3) is 0 Å². The number of carbonyl (C=O) groups excluding carboxylic acids is 1. The molecule has 1 aromatic heterocycles. The summed E-state index contributed by atoms with van der Waals surface area (Å²) in [7, 11) is 0. The maximum absolute atomic E-state index is 12.6. The van der Waals surface area contributed by atoms with Gasteiger partial charge in [-0.2, -0.15) is 0 Å². The quantitative estimate of drug-likeness (QED) is 0.803. The van der Waals surface area contributed by atoms with Gasteiger partial charge in [0.1, 0.15) is 5.52 Å². The van der Waals surface area contributed by atoms with Crippen molar-refractivity contribution >= 4 is 44.2 Å². The van der Waals surface area contributed by atoms with Gasteiger partial charge in [0.15, 0.2) is 5.13 Å². The fraction of sp³-hybridized carbons (Fsp3) is 0.529. The Balaban J connectivity index is 1.76. The molecular weight excluding hydrogens is 316 g/mol. The van der Waals surface area contributed by atoms with Crippen LogP contribution in [0, 0.1) is 17.3 Å². The molecule has 2 unspecified atom stereocenters. The predicted octanol–water partition coefficient (Wildman–Crippen LogP) is 5.35. The Morgan fingerprint density at radius 3 is 2.86 bits per heavy atom. The third-order valence-electron chi connectivity index (χ3n) is 4.36. The topological polar surface area (TPSA) is 42.0 Å². The van der Waals surface area contributed by atoms with E-state index >= 15 is 0 Å². The highest BCUT2D eigenvalue weighted by atomic mass is 35.5. The molecule has 3 nitrogen and oxygen atoms in total. The van der Waals surface area contributed by atoms with Gasteiger partial charge in [-0.05, 0) is 42.7 Å². The Morgan fingerprint density at radius 2 is 2.18 bits per heavy atom. The van der Waals surface area contributed by atoms with E-state index in [1.165, 1.54) is 17.8 Å². The van der Waals surface area contributed by atoms with Crippen molar-refractivity contribution in [2.24, 2.45) is 17.3 Å². The molecule has 1 aliphatic rings. The lowest BCUT2D eigenvalue weighted by molar-refractivity contribution is -0.122. The SMILES string of the molecule is CC1CC(C(=O)Nc2nc3c(Cl)cccc3s2)CC(C)(C)C1. The highest BCUT2D eigenvalue weighted by molar-refractivity contribution is 7.22. The van der Waals surface area contributed by atoms with Crippen molar-refractivity contribution in [1.82, 2.24) is 4.98 Å². The van der Waals surface area contributed by atoms with Gasteiger partial charge in [0.2, 0.25) is 5.91 Å². The van der Waals surface area contributed by atoms with Crippen molar-refractivity contribution in [3.63, 3.8) is 0 Å². The summed E-state index contributed by atoms with van der Waals surface area (Å²) in [5.74, 6) is 0.750.